The number of aliphatic carboxylic acids is 1. The maximum atomic E-state index is 14.4. The first-order valence-electron chi connectivity index (χ1n) is 25.9. The first-order valence-corrected chi connectivity index (χ1v) is 27.2. The number of nitrogens with one attached hydrogen (secondary N) is 10. The van der Waals surface area contributed by atoms with Gasteiger partial charge in [-0.3, -0.25) is 43.3 Å². The summed E-state index contributed by atoms with van der Waals surface area (Å²) < 4.78 is 0. The molecule has 0 fully saturated rings. The van der Waals surface area contributed by atoms with Gasteiger partial charge in [0.25, 0.3) is 0 Å². The van der Waals surface area contributed by atoms with Gasteiger partial charge in [0.1, 0.15) is 48.3 Å². The van der Waals surface area contributed by atoms with Crippen molar-refractivity contribution in [2.75, 3.05) is 31.7 Å². The minimum Gasteiger partial charge on any atom is -0.480 e. The number of amides is 8. The number of aliphatic hydroxyl groups is 2. The number of aromatic nitrogens is 4. The molecule has 0 bridgehead atoms. The van der Waals surface area contributed by atoms with Crippen molar-refractivity contribution in [3.05, 3.63) is 36.4 Å². The molecule has 30 heteroatoms. The van der Waals surface area contributed by atoms with E-state index in [2.05, 4.69) is 67.5 Å². The SMILES string of the molecule is CC[C@H](C)[C@H](NC(=O)[C@H](Cc1cnc[nH]1)NC(=O)[C@H](CCSC)NC(=O)[C@@H](N)CCCCN)C(=O)N[C@@H](CCCN=C(N)N)C(=O)N[C@@H](CO)C(=O)N[C@@H](Cc1cnc[nH]1)C(=O)N[C@H](C(=O)N[C@@H](CC(C)C)C(=O)O)[C@@H](C)O. The number of hydrogen-bond donors (Lipinski definition) is 17. The predicted molar refractivity (Wildman–Crippen MR) is 289 cm³/mol. The number of aromatic amines is 2. The van der Waals surface area contributed by atoms with Gasteiger partial charge in [-0.15, -0.1) is 0 Å². The van der Waals surface area contributed by atoms with E-state index in [0.717, 1.165) is 0 Å². The second-order valence-corrected chi connectivity index (χ2v) is 20.3. The van der Waals surface area contributed by atoms with Crippen LogP contribution in [-0.2, 0) is 56.0 Å². The van der Waals surface area contributed by atoms with Crippen LogP contribution in [0.3, 0.4) is 0 Å². The number of carboxylic acids is 1. The standard InChI is InChI=1S/C48H83N17O12S/c1-7-26(4)37(64-42(71)33(18-28-20-53-23-56-28)60-41(70)32(13-16-78-6)58-39(68)30(50)11-8-9-14-49)45(74)59-31(12-10-15-55-48(51)52)40(69)63-36(22-66)44(73)61-34(19-29-21-54-24-57-29)43(72)65-38(27(5)67)46(75)62-35(47(76)77)17-25(2)3/h20-21,23-27,30-38,66-67H,7-19,22,49-50H2,1-6H3,(H,53,56)(H,54,57)(H,58,68)(H,59,74)(H,60,70)(H,61,73)(H,62,75)(H,63,69)(H,64,71)(H,65,72)(H,76,77)(H4,51,52,55)/t26-,27+,30-,31-,32-,33-,34-,35-,36-,37-,38-/m0/s1. The Kier molecular flexibility index (Phi) is 30.6. The molecular formula is C48H83N17O12S. The number of aliphatic imine (C=N–C) groups is 1. The molecule has 21 N–H and O–H groups in total. The highest BCUT2D eigenvalue weighted by Crippen LogP contribution is 2.13. The summed E-state index contributed by atoms with van der Waals surface area (Å²) in [7, 11) is 0. The number of carbonyl (C=O) groups is 9. The quantitative estimate of drug-likeness (QED) is 0.0172. The summed E-state index contributed by atoms with van der Waals surface area (Å²) in [5.41, 5.74) is 23.5. The molecule has 2 aromatic rings. The molecule has 8 amide bonds. The lowest BCUT2D eigenvalue weighted by molar-refractivity contribution is -0.143. The smallest absolute Gasteiger partial charge is 0.326 e. The van der Waals surface area contributed by atoms with Gasteiger partial charge < -0.3 is 90.8 Å². The van der Waals surface area contributed by atoms with E-state index in [1.807, 2.05) is 6.26 Å². The first kappa shape index (κ1) is 67.2. The molecule has 438 valence electrons. The van der Waals surface area contributed by atoms with Crippen LogP contribution in [0.2, 0.25) is 0 Å². The highest BCUT2D eigenvalue weighted by molar-refractivity contribution is 7.98. The molecule has 78 heavy (non-hydrogen) atoms. The zero-order valence-electron chi connectivity index (χ0n) is 45.2. The fourth-order valence-corrected chi connectivity index (χ4v) is 8.16. The Balaban J connectivity index is 2.44. The first-order chi connectivity index (χ1) is 37.0. The zero-order valence-corrected chi connectivity index (χ0v) is 46.0. The lowest BCUT2D eigenvalue weighted by Gasteiger charge is -2.29. The average molecular weight is 1120 g/mol. The van der Waals surface area contributed by atoms with Crippen LogP contribution in [0.15, 0.2) is 30.0 Å². The highest BCUT2D eigenvalue weighted by Gasteiger charge is 2.37. The predicted octanol–water partition coefficient (Wildman–Crippen LogP) is -4.39. The van der Waals surface area contributed by atoms with Gasteiger partial charge in [0.2, 0.25) is 47.3 Å². The van der Waals surface area contributed by atoms with Crippen LogP contribution in [-0.4, -0.2) is 187 Å². The van der Waals surface area contributed by atoms with Gasteiger partial charge in [-0.2, -0.15) is 11.8 Å². The summed E-state index contributed by atoms with van der Waals surface area (Å²) in [6.07, 6.45) is 7.41. The third-order valence-electron chi connectivity index (χ3n) is 12.3. The summed E-state index contributed by atoms with van der Waals surface area (Å²) in [5.74, 6) is -8.91. The summed E-state index contributed by atoms with van der Waals surface area (Å²) in [5, 5.41) is 51.0. The highest BCUT2D eigenvalue weighted by atomic mass is 32.2. The lowest BCUT2D eigenvalue weighted by atomic mass is 9.96. The van der Waals surface area contributed by atoms with Crippen LogP contribution in [0.5, 0.6) is 0 Å². The molecule has 0 aromatic carbocycles. The van der Waals surface area contributed by atoms with E-state index in [4.69, 9.17) is 22.9 Å². The molecule has 0 aliphatic heterocycles. The van der Waals surface area contributed by atoms with Crippen molar-refractivity contribution in [1.82, 2.24) is 62.5 Å². The van der Waals surface area contributed by atoms with Crippen molar-refractivity contribution in [3.63, 3.8) is 0 Å². The Morgan fingerprint density at radius 1 is 0.641 bits per heavy atom. The summed E-state index contributed by atoms with van der Waals surface area (Å²) in [6.45, 7) is 7.48. The number of guanidine groups is 1. The van der Waals surface area contributed by atoms with Crippen molar-refractivity contribution in [1.29, 1.82) is 0 Å². The topological polar surface area (TPSA) is 484 Å². The van der Waals surface area contributed by atoms with E-state index >= 15 is 0 Å². The molecule has 2 rings (SSSR count). The van der Waals surface area contributed by atoms with Gasteiger partial charge in [-0.05, 0) is 75.8 Å². The van der Waals surface area contributed by atoms with Crippen LogP contribution in [0.1, 0.15) is 97.4 Å². The van der Waals surface area contributed by atoms with Crippen molar-refractivity contribution < 1.29 is 58.5 Å². The van der Waals surface area contributed by atoms with Crippen molar-refractivity contribution in [2.45, 2.75) is 159 Å². The molecule has 2 aromatic heterocycles. The molecule has 0 aliphatic carbocycles. The Morgan fingerprint density at radius 3 is 1.58 bits per heavy atom. The molecule has 0 aliphatic rings. The maximum Gasteiger partial charge on any atom is 0.326 e. The van der Waals surface area contributed by atoms with Crippen LogP contribution in [0.25, 0.3) is 0 Å². The van der Waals surface area contributed by atoms with Gasteiger partial charge in [-0.25, -0.2) is 14.8 Å². The molecular weight excluding hydrogens is 1040 g/mol. The number of nitrogens with zero attached hydrogens (tertiary/aromatic N) is 3. The number of aliphatic hydroxyl groups excluding tert-OH is 2. The Morgan fingerprint density at radius 2 is 1.12 bits per heavy atom. The van der Waals surface area contributed by atoms with E-state index in [0.29, 0.717) is 49.4 Å². The Bertz CT molecular complexity index is 2230. The number of nitrogens with two attached hydrogens (primary N) is 4. The summed E-state index contributed by atoms with van der Waals surface area (Å²) in [6, 6.07) is -12.5. The second-order valence-electron chi connectivity index (χ2n) is 19.3. The van der Waals surface area contributed by atoms with Crippen LogP contribution in [0.4, 0.5) is 0 Å². The number of thioether (sulfide) groups is 1. The Labute approximate surface area is 457 Å². The zero-order chi connectivity index (χ0) is 58.5. The number of carbonyl (C=O) groups excluding carboxylic acids is 8. The molecule has 0 unspecified atom stereocenters. The minimum atomic E-state index is -1.77. The largest absolute Gasteiger partial charge is 0.480 e. The van der Waals surface area contributed by atoms with Crippen LogP contribution >= 0.6 is 11.8 Å². The van der Waals surface area contributed by atoms with Gasteiger partial charge in [0.05, 0.1) is 31.4 Å². The van der Waals surface area contributed by atoms with Crippen LogP contribution in [0, 0.1) is 11.8 Å². The summed E-state index contributed by atoms with van der Waals surface area (Å²) >= 11 is 1.43. The molecule has 29 nitrogen and oxygen atoms in total. The second kappa shape index (κ2) is 35.5. The van der Waals surface area contributed by atoms with E-state index in [9.17, 15) is 58.5 Å². The van der Waals surface area contributed by atoms with E-state index in [1.165, 1.54) is 43.7 Å². The fraction of sp³-hybridized carbons (Fsp3) is 0.667. The molecule has 0 saturated heterocycles. The molecule has 0 radical (unpaired) electrons. The number of hydrogen-bond acceptors (Lipinski definition) is 17. The minimum absolute atomic E-state index is 0.00439. The van der Waals surface area contributed by atoms with Crippen LogP contribution < -0.4 is 65.5 Å². The van der Waals surface area contributed by atoms with E-state index < -0.39 is 126 Å². The number of unbranched alkanes of at least 4 members (excludes halogenated alkanes) is 1. The number of carboxylic acid groups (broad SMARTS) is 1. The van der Waals surface area contributed by atoms with Crippen molar-refractivity contribution in [3.8, 4) is 0 Å². The average Bonchev–Trinajstić information content (AvgIpc) is 4.12. The molecule has 2 heterocycles. The monoisotopic (exact) mass is 1120 g/mol. The fourth-order valence-electron chi connectivity index (χ4n) is 7.69. The van der Waals surface area contributed by atoms with E-state index in [1.54, 1.807) is 27.7 Å². The molecule has 11 atom stereocenters. The number of rotatable bonds is 38. The van der Waals surface area contributed by atoms with Crippen molar-refractivity contribution in [2.24, 2.45) is 39.8 Å². The third-order valence-corrected chi connectivity index (χ3v) is 13.0. The molecule has 0 spiro atoms. The Hall–Kier alpha value is -6.89. The van der Waals surface area contributed by atoms with Gasteiger partial charge in [0, 0.05) is 43.2 Å². The van der Waals surface area contributed by atoms with Gasteiger partial charge >= 0.3 is 5.97 Å². The maximum absolute atomic E-state index is 14.4. The van der Waals surface area contributed by atoms with Gasteiger partial charge in [0.15, 0.2) is 5.96 Å². The van der Waals surface area contributed by atoms with Crippen molar-refractivity contribution >= 4 is 70.9 Å². The summed E-state index contributed by atoms with van der Waals surface area (Å²) in [4.78, 5) is 140. The number of H-pyrrole nitrogens is 2. The molecule has 0 saturated carbocycles. The lowest BCUT2D eigenvalue weighted by Crippen LogP contribution is -2.62. The van der Waals surface area contributed by atoms with Gasteiger partial charge in [-0.1, -0.05) is 40.5 Å². The number of imidazole rings is 2. The van der Waals surface area contributed by atoms with E-state index in [-0.39, 0.29) is 56.9 Å². The third kappa shape index (κ3) is 24.2. The normalized spacial score (nSPS) is 15.5.